The summed E-state index contributed by atoms with van der Waals surface area (Å²) in [5, 5.41) is 4.91. The zero-order valence-corrected chi connectivity index (χ0v) is 13.3. The molecular weight excluding hydrogens is 301 g/mol. The number of benzene rings is 1. The predicted octanol–water partition coefficient (Wildman–Crippen LogP) is 5.40. The predicted molar refractivity (Wildman–Crippen MR) is 86.6 cm³/mol. The maximum absolute atomic E-state index is 6.12. The number of rotatable bonds is 5. The summed E-state index contributed by atoms with van der Waals surface area (Å²) in [7, 11) is 0. The second-order valence-corrected chi connectivity index (χ2v) is 5.55. The van der Waals surface area contributed by atoms with Crippen molar-refractivity contribution < 1.29 is 0 Å². The third-order valence-electron chi connectivity index (χ3n) is 3.37. The molecule has 0 radical (unpaired) electrons. The summed E-state index contributed by atoms with van der Waals surface area (Å²) in [6.45, 7) is 1.74. The fourth-order valence-corrected chi connectivity index (χ4v) is 2.83. The van der Waals surface area contributed by atoms with E-state index in [9.17, 15) is 0 Å². The Balaban J connectivity index is 0.00000180. The minimum Gasteiger partial charge on any atom is -0.312 e. The number of hydrogen-bond acceptors (Lipinski definition) is 1. The van der Waals surface area contributed by atoms with Gasteiger partial charge in [-0.1, -0.05) is 40.9 Å². The smallest absolute Gasteiger partial charge is 0.0465 e. The molecule has 0 saturated carbocycles. The van der Waals surface area contributed by atoms with E-state index in [4.69, 9.17) is 23.2 Å². The molecule has 1 N–H and O–H groups in total. The lowest BCUT2D eigenvalue weighted by molar-refractivity contribution is 0.632. The lowest BCUT2D eigenvalue weighted by atomic mass is 9.97. The van der Waals surface area contributed by atoms with Crippen molar-refractivity contribution in [2.75, 3.05) is 6.54 Å². The van der Waals surface area contributed by atoms with E-state index in [1.54, 1.807) is 5.57 Å². The van der Waals surface area contributed by atoms with Gasteiger partial charge in [0.15, 0.2) is 0 Å². The van der Waals surface area contributed by atoms with Crippen LogP contribution in [0.4, 0.5) is 0 Å². The molecule has 0 saturated heterocycles. The number of halogens is 3. The highest BCUT2D eigenvalue weighted by molar-refractivity contribution is 6.35. The van der Waals surface area contributed by atoms with Crippen LogP contribution in [0.3, 0.4) is 0 Å². The summed E-state index contributed by atoms with van der Waals surface area (Å²) in [6, 6.07) is 5.64. The molecule has 1 aromatic carbocycles. The van der Waals surface area contributed by atoms with Crippen LogP contribution in [0.1, 0.15) is 37.7 Å². The van der Waals surface area contributed by atoms with Crippen molar-refractivity contribution in [3.05, 3.63) is 45.5 Å². The third kappa shape index (κ3) is 5.35. The lowest BCUT2D eigenvalue weighted by Crippen LogP contribution is -2.16. The first-order valence-corrected chi connectivity index (χ1v) is 7.34. The summed E-state index contributed by atoms with van der Waals surface area (Å²) in [6.07, 6.45) is 8.77. The Kier molecular flexibility index (Phi) is 7.86. The first kappa shape index (κ1) is 16.8. The molecule has 1 aliphatic carbocycles. The molecule has 0 heterocycles. The van der Waals surface area contributed by atoms with Crippen LogP contribution < -0.4 is 5.32 Å². The fourth-order valence-electron chi connectivity index (χ4n) is 2.30. The van der Waals surface area contributed by atoms with Crippen LogP contribution in [-0.4, -0.2) is 6.54 Å². The van der Waals surface area contributed by atoms with Crippen molar-refractivity contribution in [1.82, 2.24) is 5.32 Å². The molecule has 0 atom stereocenters. The molecule has 4 heteroatoms. The van der Waals surface area contributed by atoms with Crippen molar-refractivity contribution in [3.8, 4) is 0 Å². The third-order valence-corrected chi connectivity index (χ3v) is 4.08. The maximum Gasteiger partial charge on any atom is 0.0465 e. The van der Waals surface area contributed by atoms with Gasteiger partial charge in [0.25, 0.3) is 0 Å². The summed E-state index contributed by atoms with van der Waals surface area (Å²) in [5.74, 6) is 0. The SMILES string of the molecule is Cl.Clc1cccc(Cl)c1CNCCC1=CCCCC1. The molecule has 0 aromatic heterocycles. The molecule has 19 heavy (non-hydrogen) atoms. The first-order valence-electron chi connectivity index (χ1n) is 6.59. The average Bonchev–Trinajstić information content (AvgIpc) is 2.38. The monoisotopic (exact) mass is 319 g/mol. The highest BCUT2D eigenvalue weighted by Crippen LogP contribution is 2.24. The molecule has 1 aromatic rings. The van der Waals surface area contributed by atoms with Gasteiger partial charge in [-0.15, -0.1) is 12.4 Å². The summed E-state index contributed by atoms with van der Waals surface area (Å²) < 4.78 is 0. The number of hydrogen-bond donors (Lipinski definition) is 1. The standard InChI is InChI=1S/C15H19Cl2N.ClH/c16-14-7-4-8-15(17)13(14)11-18-10-9-12-5-2-1-3-6-12;/h4-5,7-8,18H,1-3,6,9-11H2;1H. The van der Waals surface area contributed by atoms with Crippen molar-refractivity contribution in [2.24, 2.45) is 0 Å². The van der Waals surface area contributed by atoms with Crippen molar-refractivity contribution in [2.45, 2.75) is 38.6 Å². The Morgan fingerprint density at radius 3 is 2.47 bits per heavy atom. The van der Waals surface area contributed by atoms with Crippen molar-refractivity contribution >= 4 is 35.6 Å². The zero-order chi connectivity index (χ0) is 12.8. The van der Waals surface area contributed by atoms with E-state index in [1.165, 1.54) is 25.7 Å². The van der Waals surface area contributed by atoms with Crippen LogP contribution in [0, 0.1) is 0 Å². The molecule has 106 valence electrons. The lowest BCUT2D eigenvalue weighted by Gasteiger charge is -2.13. The molecule has 0 fully saturated rings. The highest BCUT2D eigenvalue weighted by atomic mass is 35.5. The van der Waals surface area contributed by atoms with Gasteiger partial charge in [-0.25, -0.2) is 0 Å². The molecular formula is C15H20Cl3N. The Morgan fingerprint density at radius 1 is 1.11 bits per heavy atom. The van der Waals surface area contributed by atoms with Crippen molar-refractivity contribution in [1.29, 1.82) is 0 Å². The summed E-state index contributed by atoms with van der Waals surface area (Å²) in [5.41, 5.74) is 2.59. The summed E-state index contributed by atoms with van der Waals surface area (Å²) in [4.78, 5) is 0. The van der Waals surface area contributed by atoms with Gasteiger partial charge >= 0.3 is 0 Å². The van der Waals surface area contributed by atoms with Gasteiger partial charge in [0.05, 0.1) is 0 Å². The van der Waals surface area contributed by atoms with E-state index in [0.717, 1.165) is 35.1 Å². The van der Waals surface area contributed by atoms with Crippen LogP contribution >= 0.6 is 35.6 Å². The van der Waals surface area contributed by atoms with Crippen LogP contribution in [0.5, 0.6) is 0 Å². The zero-order valence-electron chi connectivity index (χ0n) is 10.9. The number of allylic oxidation sites excluding steroid dienone is 1. The van der Waals surface area contributed by atoms with Crippen LogP contribution in [-0.2, 0) is 6.54 Å². The molecule has 0 spiro atoms. The quantitative estimate of drug-likeness (QED) is 0.566. The van der Waals surface area contributed by atoms with Crippen molar-refractivity contribution in [3.63, 3.8) is 0 Å². The normalized spacial score (nSPS) is 14.7. The van der Waals surface area contributed by atoms with Crippen LogP contribution in [0.25, 0.3) is 0 Å². The van der Waals surface area contributed by atoms with Gasteiger partial charge < -0.3 is 5.32 Å². The van der Waals surface area contributed by atoms with Gasteiger partial charge in [-0.05, 0) is 50.8 Å². The molecule has 0 aliphatic heterocycles. The molecule has 0 unspecified atom stereocenters. The van der Waals surface area contributed by atoms with E-state index in [1.807, 2.05) is 18.2 Å². The van der Waals surface area contributed by atoms with Gasteiger partial charge in [0.1, 0.15) is 0 Å². The van der Waals surface area contributed by atoms with Crippen LogP contribution in [0.2, 0.25) is 10.0 Å². The van der Waals surface area contributed by atoms with Crippen LogP contribution in [0.15, 0.2) is 29.8 Å². The highest BCUT2D eigenvalue weighted by Gasteiger charge is 2.06. The Bertz CT molecular complexity index is 409. The van der Waals surface area contributed by atoms with E-state index in [-0.39, 0.29) is 12.4 Å². The molecule has 0 amide bonds. The molecule has 1 aliphatic rings. The van der Waals surface area contributed by atoms with E-state index >= 15 is 0 Å². The second kappa shape index (κ2) is 8.86. The topological polar surface area (TPSA) is 12.0 Å². The summed E-state index contributed by atoms with van der Waals surface area (Å²) >= 11 is 12.2. The first-order chi connectivity index (χ1) is 8.77. The van der Waals surface area contributed by atoms with E-state index in [0.29, 0.717) is 0 Å². The average molecular weight is 321 g/mol. The fraction of sp³-hybridized carbons (Fsp3) is 0.467. The number of nitrogens with one attached hydrogen (secondary N) is 1. The van der Waals surface area contributed by atoms with Gasteiger partial charge in [-0.3, -0.25) is 0 Å². The Hall–Kier alpha value is -0.210. The van der Waals surface area contributed by atoms with Gasteiger partial charge in [-0.2, -0.15) is 0 Å². The maximum atomic E-state index is 6.12. The van der Waals surface area contributed by atoms with Gasteiger partial charge in [0.2, 0.25) is 0 Å². The van der Waals surface area contributed by atoms with E-state index in [2.05, 4.69) is 11.4 Å². The minimum absolute atomic E-state index is 0. The molecule has 0 bridgehead atoms. The Labute approximate surface area is 131 Å². The minimum atomic E-state index is 0. The largest absolute Gasteiger partial charge is 0.312 e. The Morgan fingerprint density at radius 2 is 1.84 bits per heavy atom. The second-order valence-electron chi connectivity index (χ2n) is 4.74. The van der Waals surface area contributed by atoms with Gasteiger partial charge in [0, 0.05) is 22.2 Å². The van der Waals surface area contributed by atoms with E-state index < -0.39 is 0 Å². The molecule has 1 nitrogen and oxygen atoms in total. The molecule has 2 rings (SSSR count).